The highest BCUT2D eigenvalue weighted by Crippen LogP contribution is 2.44. The van der Waals surface area contributed by atoms with Crippen LogP contribution in [0.4, 0.5) is 0 Å². The second-order valence-electron chi connectivity index (χ2n) is 36.9. The summed E-state index contributed by atoms with van der Waals surface area (Å²) in [5, 5.41) is 0. The Kier molecular flexibility index (Phi) is 43.5. The van der Waals surface area contributed by atoms with Crippen LogP contribution in [0.25, 0.3) is 22.3 Å². The van der Waals surface area contributed by atoms with E-state index in [0.717, 1.165) is 0 Å². The zero-order valence-electron chi connectivity index (χ0n) is 81.1. The Balaban J connectivity index is 0.000000354. The largest absolute Gasteiger partial charge is 0.0645 e. The van der Waals surface area contributed by atoms with Crippen LogP contribution >= 0.6 is 0 Å². The lowest BCUT2D eigenvalue weighted by Crippen LogP contribution is -2.27. The van der Waals surface area contributed by atoms with Crippen molar-refractivity contribution >= 4 is 0 Å². The van der Waals surface area contributed by atoms with Gasteiger partial charge in [0.25, 0.3) is 0 Å². The van der Waals surface area contributed by atoms with Crippen molar-refractivity contribution in [3.05, 3.63) is 297 Å². The first-order valence-electron chi connectivity index (χ1n) is 46.8. The van der Waals surface area contributed by atoms with E-state index >= 15 is 0 Å². The lowest BCUT2D eigenvalue weighted by Gasteiger charge is -2.36. The molecule has 0 aliphatic rings. The molecule has 9 rings (SSSR count). The minimum absolute atomic E-state index is 0.287. The van der Waals surface area contributed by atoms with Crippen molar-refractivity contribution in [1.29, 1.82) is 0 Å². The molecule has 0 saturated carbocycles. The molecule has 0 saturated heterocycles. The van der Waals surface area contributed by atoms with Crippen molar-refractivity contribution in [3.8, 4) is 22.3 Å². The molecule has 0 aliphatic carbocycles. The van der Waals surface area contributed by atoms with Crippen LogP contribution in [-0.4, -0.2) is 0 Å². The minimum Gasteiger partial charge on any atom is -0.0645 e. The Morgan fingerprint density at radius 2 is 0.284 bits per heavy atom. The van der Waals surface area contributed by atoms with Gasteiger partial charge in [-0.3, -0.25) is 0 Å². The van der Waals surface area contributed by atoms with E-state index in [9.17, 15) is 0 Å². The molecule has 0 unspecified atom stereocenters. The summed E-state index contributed by atoms with van der Waals surface area (Å²) in [6.45, 7) is 74.5. The fourth-order valence-electron chi connectivity index (χ4n) is 15.9. The first kappa shape index (κ1) is 103. The minimum atomic E-state index is 0.287. The second kappa shape index (κ2) is 48.9. The SMILES string of the molecule is CCC(C)(CC)c1cc(C(C)(CC)CC)cc(C(C)(CC)CC)c1.CCC(C)(CC)c1cccc(C(C)(CC)CC)c1.CCC(C)(CC)c1cccc(C(C)(CC)CC)c1.CCC(C)(CC)c1cccc(C(C)(CC)CC)c1.CCC(C)(CC)c1ccccc1.Cc1ccccc1-c1ccccc1.Cc1ccccc1-c1ccccc1. The predicted octanol–water partition coefficient (Wildman–Crippen LogP) is 36.5. The van der Waals surface area contributed by atoms with Crippen LogP contribution in [0.1, 0.15) is 403 Å². The number of hydrogen-bond acceptors (Lipinski definition) is 0. The van der Waals surface area contributed by atoms with Crippen LogP contribution in [-0.2, 0) is 54.1 Å². The molecule has 0 atom stereocenters. The summed E-state index contributed by atoms with van der Waals surface area (Å²) in [4.78, 5) is 0. The molecule has 0 N–H and O–H groups in total. The highest BCUT2D eigenvalue weighted by atomic mass is 14.4. The summed E-state index contributed by atoms with van der Waals surface area (Å²) in [5.74, 6) is 0. The monoisotopic (exact) mass is 1570 g/mol. The highest BCUT2D eigenvalue weighted by Gasteiger charge is 2.34. The molecular formula is C116H174. The summed E-state index contributed by atoms with van der Waals surface area (Å²) >= 11 is 0. The van der Waals surface area contributed by atoms with E-state index in [-0.39, 0.29) is 16.2 Å². The van der Waals surface area contributed by atoms with Crippen molar-refractivity contribution in [2.24, 2.45) is 0 Å². The average molecular weight is 1570 g/mol. The summed E-state index contributed by atoms with van der Waals surface area (Å²) in [7, 11) is 0. The molecule has 116 heavy (non-hydrogen) atoms. The molecule has 0 heterocycles. The molecule has 9 aromatic rings. The van der Waals surface area contributed by atoms with Gasteiger partial charge in [0.15, 0.2) is 0 Å². The molecule has 9 aromatic carbocycles. The van der Waals surface area contributed by atoms with Crippen LogP contribution in [0.15, 0.2) is 231 Å². The van der Waals surface area contributed by atoms with Gasteiger partial charge in [-0.2, -0.15) is 0 Å². The summed E-state index contributed by atoms with van der Waals surface area (Å²) in [6, 6.07) is 84.2. The van der Waals surface area contributed by atoms with Gasteiger partial charge in [-0.15, -0.1) is 0 Å². The Morgan fingerprint density at radius 3 is 0.466 bits per heavy atom. The fourth-order valence-corrected chi connectivity index (χ4v) is 15.9. The molecule has 0 bridgehead atoms. The van der Waals surface area contributed by atoms with E-state index in [4.69, 9.17) is 0 Å². The van der Waals surface area contributed by atoms with Gasteiger partial charge >= 0.3 is 0 Å². The molecular weight excluding hydrogens is 1390 g/mol. The smallest absolute Gasteiger partial charge is 0.00803 e. The Bertz CT molecular complexity index is 3660. The van der Waals surface area contributed by atoms with Crippen LogP contribution in [0, 0.1) is 13.8 Å². The van der Waals surface area contributed by atoms with Gasteiger partial charge in [0, 0.05) is 0 Å². The number of hydrogen-bond donors (Lipinski definition) is 0. The molecule has 0 aromatic heterocycles. The van der Waals surface area contributed by atoms with E-state index in [2.05, 4.69) is 440 Å². The molecule has 0 radical (unpaired) electrons. The zero-order chi connectivity index (χ0) is 87.2. The maximum Gasteiger partial charge on any atom is -0.00803 e. The van der Waals surface area contributed by atoms with Crippen LogP contribution in [0.2, 0.25) is 0 Å². The van der Waals surface area contributed by atoms with Crippen molar-refractivity contribution in [2.75, 3.05) is 0 Å². The van der Waals surface area contributed by atoms with Gasteiger partial charge in [0.2, 0.25) is 0 Å². The number of rotatable bonds is 32. The van der Waals surface area contributed by atoms with E-state index < -0.39 is 0 Å². The maximum atomic E-state index is 2.54. The highest BCUT2D eigenvalue weighted by molar-refractivity contribution is 5.67. The van der Waals surface area contributed by atoms with Crippen LogP contribution < -0.4 is 0 Å². The fraction of sp³-hybridized carbons (Fsp3) is 0.534. The van der Waals surface area contributed by atoms with Gasteiger partial charge in [-0.05, 0) is 285 Å². The Hall–Kier alpha value is -7.02. The number of aryl methyl sites for hydroxylation is 2. The van der Waals surface area contributed by atoms with E-state index in [1.165, 1.54) is 201 Å². The Labute approximate surface area is 719 Å². The van der Waals surface area contributed by atoms with E-state index in [1.807, 2.05) is 12.1 Å². The molecule has 638 valence electrons. The normalized spacial score (nSPS) is 12.1. The van der Waals surface area contributed by atoms with Crippen molar-refractivity contribution in [3.63, 3.8) is 0 Å². The molecule has 0 nitrogen and oxygen atoms in total. The summed E-state index contributed by atoms with van der Waals surface area (Å²) in [5.41, 5.74) is 26.3. The molecule has 0 fully saturated rings. The lowest BCUT2D eigenvalue weighted by atomic mass is 9.68. The second-order valence-corrected chi connectivity index (χ2v) is 36.9. The van der Waals surface area contributed by atoms with Gasteiger partial charge in [-0.25, -0.2) is 0 Å². The molecule has 0 aliphatic heterocycles. The van der Waals surface area contributed by atoms with Crippen LogP contribution in [0.3, 0.4) is 0 Å². The molecule has 0 heteroatoms. The lowest BCUT2D eigenvalue weighted by molar-refractivity contribution is 0.409. The topological polar surface area (TPSA) is 0 Å². The van der Waals surface area contributed by atoms with Gasteiger partial charge in [-0.1, -0.05) is 438 Å². The number of benzene rings is 9. The third kappa shape index (κ3) is 27.5. The van der Waals surface area contributed by atoms with Crippen molar-refractivity contribution in [2.45, 2.75) is 404 Å². The van der Waals surface area contributed by atoms with Crippen molar-refractivity contribution in [1.82, 2.24) is 0 Å². The van der Waals surface area contributed by atoms with E-state index in [1.54, 1.807) is 16.7 Å². The predicted molar refractivity (Wildman–Crippen MR) is 525 cm³/mol. The van der Waals surface area contributed by atoms with Gasteiger partial charge in [0.05, 0.1) is 0 Å². The van der Waals surface area contributed by atoms with E-state index in [0.29, 0.717) is 37.9 Å². The first-order valence-corrected chi connectivity index (χ1v) is 46.8. The average Bonchev–Trinajstić information content (AvgIpc) is 0.769. The Morgan fingerprint density at radius 1 is 0.147 bits per heavy atom. The van der Waals surface area contributed by atoms with Gasteiger partial charge in [0.1, 0.15) is 0 Å². The third-order valence-corrected chi connectivity index (χ3v) is 31.3. The van der Waals surface area contributed by atoms with Crippen molar-refractivity contribution < 1.29 is 0 Å². The standard InChI is InChI=1S/C24H42.3C18H30.2C13H12.C12H18/c1-10-22(7,11-2)19-16-20(23(8,12-3)13-4)18-21(17-19)24(9,14-5)15-6;3*1-7-17(5,8-2)15-12-11-13-16(14-15)18(6,9-3)10-4;2*1-11-7-5-6-10-13(11)12-8-3-2-4-9-12;1-4-12(3,5-2)11-9-7-6-8-10-11/h16-18H,10-15H2,1-9H3;3*11-14H,7-10H2,1-6H3;2*2-10H,1H3;6-10H,4-5H2,1-3H3. The first-order chi connectivity index (χ1) is 55.0. The summed E-state index contributed by atoms with van der Waals surface area (Å²) < 4.78 is 0. The molecule has 0 spiro atoms. The van der Waals surface area contributed by atoms with Crippen LogP contribution in [0.5, 0.6) is 0 Å². The zero-order valence-corrected chi connectivity index (χ0v) is 81.1. The molecule has 0 amide bonds. The van der Waals surface area contributed by atoms with Gasteiger partial charge < -0.3 is 0 Å². The maximum absolute atomic E-state index is 2.54. The third-order valence-electron chi connectivity index (χ3n) is 31.3. The summed E-state index contributed by atoms with van der Waals surface area (Å²) in [6.07, 6.45) is 24.2. The quantitative estimate of drug-likeness (QED) is 0.0394.